The van der Waals surface area contributed by atoms with Gasteiger partial charge in [-0.3, -0.25) is 0 Å². The average molecular weight is 330 g/mol. The lowest BCUT2D eigenvalue weighted by atomic mass is 9.91. The van der Waals surface area contributed by atoms with Gasteiger partial charge in [0.2, 0.25) is 0 Å². The number of carbonyl (C=O) groups excluding carboxylic acids is 1. The van der Waals surface area contributed by atoms with Gasteiger partial charge in [0, 0.05) is 23.3 Å². The minimum Gasteiger partial charge on any atom is -0.390 e. The molecule has 0 unspecified atom stereocenters. The van der Waals surface area contributed by atoms with Crippen LogP contribution in [0.15, 0.2) is 41.8 Å². The van der Waals surface area contributed by atoms with Crippen LogP contribution in [0.3, 0.4) is 0 Å². The van der Waals surface area contributed by atoms with Crippen molar-refractivity contribution in [2.75, 3.05) is 6.54 Å². The molecule has 3 rings (SSSR count). The molecule has 5 heteroatoms. The van der Waals surface area contributed by atoms with Crippen molar-refractivity contribution in [2.24, 2.45) is 0 Å². The third-order valence-corrected chi connectivity index (χ3v) is 5.61. The second-order valence-corrected chi connectivity index (χ2v) is 7.58. The normalized spacial score (nSPS) is 20.1. The van der Waals surface area contributed by atoms with Gasteiger partial charge in [-0.15, -0.1) is 11.3 Å². The van der Waals surface area contributed by atoms with Gasteiger partial charge in [-0.1, -0.05) is 44.2 Å². The Labute approximate surface area is 140 Å². The number of thiophene rings is 1. The molecule has 1 aliphatic rings. The Morgan fingerprint density at radius 2 is 2.09 bits per heavy atom. The molecule has 23 heavy (non-hydrogen) atoms. The minimum absolute atomic E-state index is 0.113. The van der Waals surface area contributed by atoms with Gasteiger partial charge in [0.05, 0.1) is 12.1 Å². The maximum atomic E-state index is 12.2. The molecule has 0 spiro atoms. The molecule has 0 radical (unpaired) electrons. The lowest BCUT2D eigenvalue weighted by molar-refractivity contribution is 0.142. The van der Waals surface area contributed by atoms with Gasteiger partial charge in [-0.2, -0.15) is 0 Å². The molecule has 1 aliphatic carbocycles. The summed E-state index contributed by atoms with van der Waals surface area (Å²) in [5, 5.41) is 18.1. The SMILES string of the molecule is CC(C)(CNC(=O)N[C@H]1c2ccccc2C[C@H]1O)c1cccs1. The highest BCUT2D eigenvalue weighted by atomic mass is 32.1. The van der Waals surface area contributed by atoms with Crippen molar-refractivity contribution in [2.45, 2.75) is 37.8 Å². The highest BCUT2D eigenvalue weighted by Crippen LogP contribution is 2.31. The van der Waals surface area contributed by atoms with Crippen LogP contribution in [0.1, 0.15) is 35.9 Å². The van der Waals surface area contributed by atoms with Crippen LogP contribution in [-0.4, -0.2) is 23.8 Å². The Kier molecular flexibility index (Phi) is 4.41. The molecule has 0 fully saturated rings. The first-order valence-corrected chi connectivity index (χ1v) is 8.69. The maximum absolute atomic E-state index is 12.2. The van der Waals surface area contributed by atoms with Gasteiger partial charge in [-0.25, -0.2) is 4.79 Å². The zero-order valence-electron chi connectivity index (χ0n) is 13.4. The monoisotopic (exact) mass is 330 g/mol. The summed E-state index contributed by atoms with van der Waals surface area (Å²) < 4.78 is 0. The number of amides is 2. The Morgan fingerprint density at radius 3 is 2.83 bits per heavy atom. The lowest BCUT2D eigenvalue weighted by Gasteiger charge is -2.25. The van der Waals surface area contributed by atoms with Crippen molar-refractivity contribution < 1.29 is 9.90 Å². The molecule has 0 bridgehead atoms. The summed E-state index contributed by atoms with van der Waals surface area (Å²) in [6.45, 7) is 4.77. The zero-order chi connectivity index (χ0) is 16.4. The average Bonchev–Trinajstić information content (AvgIpc) is 3.15. The topological polar surface area (TPSA) is 61.4 Å². The van der Waals surface area contributed by atoms with Gasteiger partial charge in [-0.05, 0) is 22.6 Å². The number of rotatable bonds is 4. The summed E-state index contributed by atoms with van der Waals surface area (Å²) in [4.78, 5) is 13.5. The van der Waals surface area contributed by atoms with E-state index < -0.39 is 6.10 Å². The number of aliphatic hydroxyl groups excluding tert-OH is 1. The molecule has 0 saturated carbocycles. The Morgan fingerprint density at radius 1 is 1.30 bits per heavy atom. The molecule has 2 atom stereocenters. The van der Waals surface area contributed by atoms with E-state index in [9.17, 15) is 9.90 Å². The van der Waals surface area contributed by atoms with E-state index in [1.807, 2.05) is 35.7 Å². The Balaban J connectivity index is 1.60. The fourth-order valence-electron chi connectivity index (χ4n) is 2.99. The van der Waals surface area contributed by atoms with E-state index in [0.717, 1.165) is 11.1 Å². The maximum Gasteiger partial charge on any atom is 0.315 e. The van der Waals surface area contributed by atoms with Crippen LogP contribution in [0.4, 0.5) is 4.79 Å². The van der Waals surface area contributed by atoms with Crippen LogP contribution in [0, 0.1) is 0 Å². The molecule has 0 aliphatic heterocycles. The third kappa shape index (κ3) is 3.41. The second kappa shape index (κ2) is 6.34. The quantitative estimate of drug-likeness (QED) is 0.807. The van der Waals surface area contributed by atoms with Crippen molar-refractivity contribution in [3.63, 3.8) is 0 Å². The molecule has 1 aromatic heterocycles. The summed E-state index contributed by atoms with van der Waals surface area (Å²) in [6, 6.07) is 11.4. The third-order valence-electron chi connectivity index (χ3n) is 4.37. The summed E-state index contributed by atoms with van der Waals surface area (Å²) >= 11 is 1.69. The van der Waals surface area contributed by atoms with E-state index in [1.165, 1.54) is 4.88 Å². The van der Waals surface area contributed by atoms with Gasteiger partial charge in [0.15, 0.2) is 0 Å². The molecular formula is C18H22N2O2S. The molecule has 3 N–H and O–H groups in total. The van der Waals surface area contributed by atoms with E-state index >= 15 is 0 Å². The summed E-state index contributed by atoms with van der Waals surface area (Å²) in [5.41, 5.74) is 1.99. The molecule has 2 aromatic rings. The van der Waals surface area contributed by atoms with Crippen molar-refractivity contribution in [3.05, 3.63) is 57.8 Å². The predicted octanol–water partition coefficient (Wildman–Crippen LogP) is 2.98. The number of fused-ring (bicyclic) bond motifs is 1. The number of nitrogens with one attached hydrogen (secondary N) is 2. The molecule has 2 amide bonds. The predicted molar refractivity (Wildman–Crippen MR) is 92.8 cm³/mol. The first-order chi connectivity index (χ1) is 11.0. The van der Waals surface area contributed by atoms with Crippen LogP contribution in [0.2, 0.25) is 0 Å². The van der Waals surface area contributed by atoms with Crippen LogP contribution < -0.4 is 10.6 Å². The summed E-state index contributed by atoms with van der Waals surface area (Å²) in [5.74, 6) is 0. The van der Waals surface area contributed by atoms with E-state index in [1.54, 1.807) is 11.3 Å². The minimum atomic E-state index is -0.566. The smallest absolute Gasteiger partial charge is 0.315 e. The van der Waals surface area contributed by atoms with Crippen LogP contribution in [0.5, 0.6) is 0 Å². The second-order valence-electron chi connectivity index (χ2n) is 6.64. The largest absolute Gasteiger partial charge is 0.390 e. The van der Waals surface area contributed by atoms with Crippen molar-refractivity contribution in [3.8, 4) is 0 Å². The van der Waals surface area contributed by atoms with E-state index in [0.29, 0.717) is 13.0 Å². The van der Waals surface area contributed by atoms with Crippen molar-refractivity contribution in [1.82, 2.24) is 10.6 Å². The Bertz CT molecular complexity index is 682. The number of benzene rings is 1. The molecule has 4 nitrogen and oxygen atoms in total. The van der Waals surface area contributed by atoms with Crippen molar-refractivity contribution >= 4 is 17.4 Å². The van der Waals surface area contributed by atoms with Crippen molar-refractivity contribution in [1.29, 1.82) is 0 Å². The number of hydrogen-bond acceptors (Lipinski definition) is 3. The van der Waals surface area contributed by atoms with Gasteiger partial charge in [0.1, 0.15) is 0 Å². The lowest BCUT2D eigenvalue weighted by Crippen LogP contribution is -2.45. The number of hydrogen-bond donors (Lipinski definition) is 3. The number of aliphatic hydroxyl groups is 1. The highest BCUT2D eigenvalue weighted by molar-refractivity contribution is 7.10. The van der Waals surface area contributed by atoms with Crippen LogP contribution in [-0.2, 0) is 11.8 Å². The van der Waals surface area contributed by atoms with Gasteiger partial charge in [0.25, 0.3) is 0 Å². The molecular weight excluding hydrogens is 308 g/mol. The number of urea groups is 1. The van der Waals surface area contributed by atoms with Crippen LogP contribution in [0.25, 0.3) is 0 Å². The summed E-state index contributed by atoms with van der Waals surface area (Å²) in [6.07, 6.45) is 0.0189. The molecule has 1 aromatic carbocycles. The molecule has 122 valence electrons. The van der Waals surface area contributed by atoms with Crippen LogP contribution >= 0.6 is 11.3 Å². The Hall–Kier alpha value is -1.85. The molecule has 0 saturated heterocycles. The van der Waals surface area contributed by atoms with E-state index in [4.69, 9.17) is 0 Å². The summed E-state index contributed by atoms with van der Waals surface area (Å²) in [7, 11) is 0. The van der Waals surface area contributed by atoms with Gasteiger partial charge < -0.3 is 15.7 Å². The zero-order valence-corrected chi connectivity index (χ0v) is 14.2. The number of carbonyl (C=O) groups is 1. The highest BCUT2D eigenvalue weighted by Gasteiger charge is 2.32. The standard InChI is InChI=1S/C18H22N2O2S/c1-18(2,15-8-5-9-23-15)11-19-17(22)20-16-13-7-4-3-6-12(13)10-14(16)21/h3-9,14,16,21H,10-11H2,1-2H3,(H2,19,20,22)/t14-,16+/m1/s1. The fraction of sp³-hybridized carbons (Fsp3) is 0.389. The van der Waals surface area contributed by atoms with E-state index in [2.05, 4.69) is 30.5 Å². The van der Waals surface area contributed by atoms with E-state index in [-0.39, 0.29) is 17.5 Å². The first kappa shape index (κ1) is 16.0. The van der Waals surface area contributed by atoms with Gasteiger partial charge >= 0.3 is 6.03 Å². The first-order valence-electron chi connectivity index (χ1n) is 7.81. The fourth-order valence-corrected chi connectivity index (χ4v) is 3.84. The molecule has 1 heterocycles.